The monoisotopic (exact) mass is 245 g/mol. The molecule has 18 heavy (non-hydrogen) atoms. The maximum absolute atomic E-state index is 4.62. The van der Waals surface area contributed by atoms with E-state index in [1.807, 2.05) is 6.20 Å². The van der Waals surface area contributed by atoms with Gasteiger partial charge in [-0.1, -0.05) is 13.0 Å². The zero-order valence-electron chi connectivity index (χ0n) is 11.2. The molecule has 0 spiro atoms. The number of piperidine rings is 1. The highest BCUT2D eigenvalue weighted by atomic mass is 15.2. The lowest BCUT2D eigenvalue weighted by Crippen LogP contribution is -2.35. The molecule has 1 saturated carbocycles. The molecule has 1 aromatic heterocycles. The largest absolute Gasteiger partial charge is 0.356 e. The molecule has 1 aliphatic heterocycles. The summed E-state index contributed by atoms with van der Waals surface area (Å²) in [5.41, 5.74) is 1.36. The molecule has 1 aliphatic carbocycles. The zero-order valence-corrected chi connectivity index (χ0v) is 11.2. The highest BCUT2D eigenvalue weighted by Crippen LogP contribution is 2.25. The first-order valence-corrected chi connectivity index (χ1v) is 7.25. The summed E-state index contributed by atoms with van der Waals surface area (Å²) in [6.07, 6.45) is 7.27. The molecule has 2 heterocycles. The van der Waals surface area contributed by atoms with Crippen LogP contribution in [-0.4, -0.2) is 24.1 Å². The number of hydrogen-bond acceptors (Lipinski definition) is 3. The summed E-state index contributed by atoms with van der Waals surface area (Å²) in [4.78, 5) is 7.09. The van der Waals surface area contributed by atoms with Gasteiger partial charge in [-0.25, -0.2) is 4.98 Å². The minimum atomic E-state index is 0.762. The predicted octanol–water partition coefficient (Wildman–Crippen LogP) is 2.57. The minimum absolute atomic E-state index is 0.762. The first-order chi connectivity index (χ1) is 8.83. The molecule has 3 rings (SSSR count). The van der Waals surface area contributed by atoms with E-state index in [0.29, 0.717) is 0 Å². The second-order valence-corrected chi connectivity index (χ2v) is 5.83. The molecule has 0 bridgehead atoms. The van der Waals surface area contributed by atoms with Crippen LogP contribution in [0.2, 0.25) is 0 Å². The van der Waals surface area contributed by atoms with Gasteiger partial charge in [-0.2, -0.15) is 0 Å². The average Bonchev–Trinajstić information content (AvgIpc) is 3.21. The van der Waals surface area contributed by atoms with Gasteiger partial charge in [0.05, 0.1) is 0 Å². The maximum Gasteiger partial charge on any atom is 0.133 e. The summed E-state index contributed by atoms with van der Waals surface area (Å²) in [5, 5.41) is 3.60. The van der Waals surface area contributed by atoms with Crippen LogP contribution < -0.4 is 10.2 Å². The van der Waals surface area contributed by atoms with Crippen molar-refractivity contribution < 1.29 is 0 Å². The Balaban J connectivity index is 1.72. The standard InChI is InChI=1S/C15H23N3/c1-12-4-3-9-18(11-12)15-13(5-2-8-16-15)10-17-14-6-7-14/h2,5,8,12,14,17H,3-4,6-7,9-11H2,1H3. The Morgan fingerprint density at radius 2 is 2.28 bits per heavy atom. The average molecular weight is 245 g/mol. The number of anilines is 1. The molecule has 3 nitrogen and oxygen atoms in total. The van der Waals surface area contributed by atoms with E-state index in [2.05, 4.69) is 34.3 Å². The second kappa shape index (κ2) is 5.27. The van der Waals surface area contributed by atoms with E-state index in [4.69, 9.17) is 0 Å². The van der Waals surface area contributed by atoms with Gasteiger partial charge < -0.3 is 10.2 Å². The minimum Gasteiger partial charge on any atom is -0.356 e. The summed E-state index contributed by atoms with van der Waals surface area (Å²) in [6.45, 7) is 5.64. The third kappa shape index (κ3) is 2.83. The lowest BCUT2D eigenvalue weighted by molar-refractivity contribution is 0.443. The topological polar surface area (TPSA) is 28.2 Å². The van der Waals surface area contributed by atoms with E-state index in [1.165, 1.54) is 37.1 Å². The van der Waals surface area contributed by atoms with Crippen LogP contribution in [-0.2, 0) is 6.54 Å². The Kier molecular flexibility index (Phi) is 3.50. The van der Waals surface area contributed by atoms with E-state index in [1.54, 1.807) is 0 Å². The van der Waals surface area contributed by atoms with Crippen LogP contribution in [0.15, 0.2) is 18.3 Å². The van der Waals surface area contributed by atoms with Crippen molar-refractivity contribution in [3.05, 3.63) is 23.9 Å². The number of pyridine rings is 1. The predicted molar refractivity (Wildman–Crippen MR) is 74.7 cm³/mol. The molecular formula is C15H23N3. The van der Waals surface area contributed by atoms with Gasteiger partial charge in [0.1, 0.15) is 5.82 Å². The van der Waals surface area contributed by atoms with Crippen LogP contribution in [0.5, 0.6) is 0 Å². The molecule has 1 aromatic rings. The van der Waals surface area contributed by atoms with E-state index in [0.717, 1.165) is 31.6 Å². The van der Waals surface area contributed by atoms with Crippen molar-refractivity contribution in [1.82, 2.24) is 10.3 Å². The third-order valence-corrected chi connectivity index (χ3v) is 3.98. The fraction of sp³-hybridized carbons (Fsp3) is 0.667. The summed E-state index contributed by atoms with van der Waals surface area (Å²) >= 11 is 0. The molecule has 1 unspecified atom stereocenters. The van der Waals surface area contributed by atoms with Gasteiger partial charge >= 0.3 is 0 Å². The molecule has 0 radical (unpaired) electrons. The van der Waals surface area contributed by atoms with Crippen molar-refractivity contribution in [3.63, 3.8) is 0 Å². The van der Waals surface area contributed by atoms with Crippen LogP contribution in [0.25, 0.3) is 0 Å². The van der Waals surface area contributed by atoms with Crippen LogP contribution in [0.1, 0.15) is 38.2 Å². The van der Waals surface area contributed by atoms with Gasteiger partial charge in [-0.05, 0) is 37.7 Å². The van der Waals surface area contributed by atoms with Gasteiger partial charge in [0.25, 0.3) is 0 Å². The van der Waals surface area contributed by atoms with Crippen molar-refractivity contribution in [2.45, 2.75) is 45.2 Å². The SMILES string of the molecule is CC1CCCN(c2ncccc2CNC2CC2)C1. The maximum atomic E-state index is 4.62. The number of hydrogen-bond donors (Lipinski definition) is 1. The van der Waals surface area contributed by atoms with Gasteiger partial charge in [0.2, 0.25) is 0 Å². The van der Waals surface area contributed by atoms with Gasteiger partial charge in [0.15, 0.2) is 0 Å². The number of aromatic nitrogens is 1. The van der Waals surface area contributed by atoms with Gasteiger partial charge in [-0.3, -0.25) is 0 Å². The fourth-order valence-electron chi connectivity index (χ4n) is 2.78. The molecular weight excluding hydrogens is 222 g/mol. The van der Waals surface area contributed by atoms with Crippen LogP contribution in [0, 0.1) is 5.92 Å². The molecule has 1 N–H and O–H groups in total. The highest BCUT2D eigenvalue weighted by molar-refractivity contribution is 5.47. The second-order valence-electron chi connectivity index (χ2n) is 5.83. The van der Waals surface area contributed by atoms with Gasteiger partial charge in [-0.15, -0.1) is 0 Å². The van der Waals surface area contributed by atoms with E-state index in [9.17, 15) is 0 Å². The fourth-order valence-corrected chi connectivity index (χ4v) is 2.78. The molecule has 2 fully saturated rings. The Bertz CT molecular complexity index is 400. The smallest absolute Gasteiger partial charge is 0.133 e. The van der Waals surface area contributed by atoms with Crippen molar-refractivity contribution >= 4 is 5.82 Å². The molecule has 1 saturated heterocycles. The summed E-state index contributed by atoms with van der Waals surface area (Å²) in [7, 11) is 0. The lowest BCUT2D eigenvalue weighted by Gasteiger charge is -2.33. The highest BCUT2D eigenvalue weighted by Gasteiger charge is 2.22. The Labute approximate surface area is 110 Å². The van der Waals surface area contributed by atoms with Crippen LogP contribution >= 0.6 is 0 Å². The Morgan fingerprint density at radius 1 is 1.39 bits per heavy atom. The Morgan fingerprint density at radius 3 is 3.06 bits per heavy atom. The van der Waals surface area contributed by atoms with Crippen LogP contribution in [0.3, 0.4) is 0 Å². The number of nitrogens with zero attached hydrogens (tertiary/aromatic N) is 2. The number of nitrogens with one attached hydrogen (secondary N) is 1. The molecule has 3 heteroatoms. The quantitative estimate of drug-likeness (QED) is 0.883. The zero-order chi connectivity index (χ0) is 12.4. The molecule has 0 amide bonds. The van der Waals surface area contributed by atoms with Crippen molar-refractivity contribution in [2.75, 3.05) is 18.0 Å². The molecule has 1 atom stereocenters. The normalized spacial score (nSPS) is 24.3. The van der Waals surface area contributed by atoms with Crippen molar-refractivity contribution in [2.24, 2.45) is 5.92 Å². The van der Waals surface area contributed by atoms with E-state index >= 15 is 0 Å². The summed E-state index contributed by atoms with van der Waals surface area (Å²) in [5.74, 6) is 2.00. The van der Waals surface area contributed by atoms with E-state index in [-0.39, 0.29) is 0 Å². The van der Waals surface area contributed by atoms with E-state index < -0.39 is 0 Å². The first-order valence-electron chi connectivity index (χ1n) is 7.25. The molecule has 98 valence electrons. The Hall–Kier alpha value is -1.09. The summed E-state index contributed by atoms with van der Waals surface area (Å²) < 4.78 is 0. The van der Waals surface area contributed by atoms with Crippen LogP contribution in [0.4, 0.5) is 5.82 Å². The third-order valence-electron chi connectivity index (χ3n) is 3.98. The number of rotatable bonds is 4. The molecule has 0 aromatic carbocycles. The first kappa shape index (κ1) is 12.0. The van der Waals surface area contributed by atoms with Crippen molar-refractivity contribution in [3.8, 4) is 0 Å². The van der Waals surface area contributed by atoms with Crippen molar-refractivity contribution in [1.29, 1.82) is 0 Å². The molecule has 2 aliphatic rings. The van der Waals surface area contributed by atoms with Gasteiger partial charge in [0, 0.05) is 37.4 Å². The lowest BCUT2D eigenvalue weighted by atomic mass is 10.00. The summed E-state index contributed by atoms with van der Waals surface area (Å²) in [6, 6.07) is 5.04.